The van der Waals surface area contributed by atoms with Crippen molar-refractivity contribution in [3.63, 3.8) is 0 Å². The molecule has 0 unspecified atom stereocenters. The SMILES string of the molecule is Nc1cc(=O)[nH]c(SCc2ccc(Br)c([N+](=O)[O-])c2)n1. The van der Waals surface area contributed by atoms with E-state index in [0.29, 0.717) is 15.4 Å². The van der Waals surface area contributed by atoms with Crippen LogP contribution in [0.3, 0.4) is 0 Å². The van der Waals surface area contributed by atoms with Crippen LogP contribution in [0, 0.1) is 10.1 Å². The summed E-state index contributed by atoms with van der Waals surface area (Å²) >= 11 is 4.36. The summed E-state index contributed by atoms with van der Waals surface area (Å²) in [5.74, 6) is 0.568. The topological polar surface area (TPSA) is 115 Å². The zero-order chi connectivity index (χ0) is 14.7. The van der Waals surface area contributed by atoms with E-state index in [1.54, 1.807) is 12.1 Å². The number of hydrogen-bond acceptors (Lipinski definition) is 6. The molecule has 0 amide bonds. The third-order valence-corrected chi connectivity index (χ3v) is 3.94. The molecule has 9 heteroatoms. The van der Waals surface area contributed by atoms with Crippen LogP contribution < -0.4 is 11.3 Å². The molecule has 3 N–H and O–H groups in total. The molecule has 20 heavy (non-hydrogen) atoms. The van der Waals surface area contributed by atoms with Gasteiger partial charge in [0.2, 0.25) is 0 Å². The Morgan fingerprint density at radius 1 is 1.45 bits per heavy atom. The first-order valence-electron chi connectivity index (χ1n) is 5.38. The number of nitro groups is 1. The van der Waals surface area contributed by atoms with Crippen molar-refractivity contribution < 1.29 is 4.92 Å². The van der Waals surface area contributed by atoms with Crippen molar-refractivity contribution in [2.24, 2.45) is 0 Å². The van der Waals surface area contributed by atoms with Crippen molar-refractivity contribution in [1.29, 1.82) is 0 Å². The molecule has 0 atom stereocenters. The van der Waals surface area contributed by atoms with Crippen LogP contribution in [0.2, 0.25) is 0 Å². The van der Waals surface area contributed by atoms with Crippen LogP contribution in [0.25, 0.3) is 0 Å². The van der Waals surface area contributed by atoms with Gasteiger partial charge in [-0.1, -0.05) is 17.8 Å². The van der Waals surface area contributed by atoms with Gasteiger partial charge >= 0.3 is 0 Å². The highest BCUT2D eigenvalue weighted by molar-refractivity contribution is 9.10. The molecule has 0 saturated carbocycles. The first-order valence-corrected chi connectivity index (χ1v) is 7.16. The number of nitrogens with zero attached hydrogens (tertiary/aromatic N) is 2. The predicted octanol–water partition coefficient (Wildman–Crippen LogP) is 2.32. The molecular formula is C11H9BrN4O3S. The molecule has 0 aliphatic heterocycles. The maximum atomic E-state index is 11.2. The molecule has 7 nitrogen and oxygen atoms in total. The minimum absolute atomic E-state index is 0.00266. The highest BCUT2D eigenvalue weighted by Crippen LogP contribution is 2.28. The summed E-state index contributed by atoms with van der Waals surface area (Å²) in [6, 6.07) is 6.04. The Hall–Kier alpha value is -1.87. The molecule has 0 fully saturated rings. The van der Waals surface area contributed by atoms with Gasteiger partial charge in [-0.3, -0.25) is 14.9 Å². The first-order chi connectivity index (χ1) is 9.45. The minimum Gasteiger partial charge on any atom is -0.383 e. The fourth-order valence-corrected chi connectivity index (χ4v) is 2.68. The molecule has 0 aliphatic rings. The summed E-state index contributed by atoms with van der Waals surface area (Å²) in [5, 5.41) is 11.2. The lowest BCUT2D eigenvalue weighted by atomic mass is 10.2. The number of nitrogens with one attached hydrogen (secondary N) is 1. The number of aromatic nitrogens is 2. The second kappa shape index (κ2) is 6.06. The highest BCUT2D eigenvalue weighted by Gasteiger charge is 2.12. The summed E-state index contributed by atoms with van der Waals surface area (Å²) in [6.45, 7) is 0. The van der Waals surface area contributed by atoms with E-state index in [-0.39, 0.29) is 17.1 Å². The first kappa shape index (κ1) is 14.5. The maximum absolute atomic E-state index is 11.2. The summed E-state index contributed by atoms with van der Waals surface area (Å²) in [6.07, 6.45) is 0. The number of anilines is 1. The van der Waals surface area contributed by atoms with Crippen molar-refractivity contribution in [1.82, 2.24) is 9.97 Å². The standard InChI is InChI=1S/C11H9BrN4O3S/c12-7-2-1-6(3-8(7)16(18)19)5-20-11-14-9(13)4-10(17)15-11/h1-4H,5H2,(H3,13,14,15,17). The smallest absolute Gasteiger partial charge is 0.283 e. The van der Waals surface area contributed by atoms with E-state index in [0.717, 1.165) is 5.56 Å². The Labute approximate surface area is 125 Å². The Balaban J connectivity index is 2.16. The van der Waals surface area contributed by atoms with E-state index >= 15 is 0 Å². The number of H-pyrrole nitrogens is 1. The largest absolute Gasteiger partial charge is 0.383 e. The lowest BCUT2D eigenvalue weighted by molar-refractivity contribution is -0.385. The molecule has 0 saturated heterocycles. The van der Waals surface area contributed by atoms with Crippen LogP contribution in [0.5, 0.6) is 0 Å². The number of aromatic amines is 1. The summed E-state index contributed by atoms with van der Waals surface area (Å²) < 4.78 is 0.423. The lowest BCUT2D eigenvalue weighted by Gasteiger charge is -2.03. The molecule has 0 bridgehead atoms. The molecule has 1 aromatic carbocycles. The van der Waals surface area contributed by atoms with Gasteiger partial charge in [0.25, 0.3) is 11.2 Å². The Bertz CT molecular complexity index is 719. The van der Waals surface area contributed by atoms with Crippen LogP contribution in [-0.2, 0) is 5.75 Å². The third kappa shape index (κ3) is 3.58. The number of rotatable bonds is 4. The number of hydrogen-bond donors (Lipinski definition) is 2. The zero-order valence-electron chi connectivity index (χ0n) is 10.00. The van der Waals surface area contributed by atoms with Gasteiger partial charge < -0.3 is 10.7 Å². The molecule has 1 aromatic heterocycles. The maximum Gasteiger partial charge on any atom is 0.283 e. The van der Waals surface area contributed by atoms with Gasteiger partial charge in [-0.25, -0.2) is 4.98 Å². The monoisotopic (exact) mass is 356 g/mol. The average molecular weight is 357 g/mol. The molecule has 104 valence electrons. The van der Waals surface area contributed by atoms with Gasteiger partial charge in [0.1, 0.15) is 5.82 Å². The van der Waals surface area contributed by atoms with Gasteiger partial charge in [0.15, 0.2) is 5.16 Å². The van der Waals surface area contributed by atoms with E-state index < -0.39 is 4.92 Å². The number of thioether (sulfide) groups is 1. The summed E-state index contributed by atoms with van der Waals surface area (Å²) in [4.78, 5) is 28.1. The van der Waals surface area contributed by atoms with Crippen molar-refractivity contribution in [3.05, 3.63) is 54.8 Å². The molecule has 0 spiro atoms. The van der Waals surface area contributed by atoms with Crippen LogP contribution >= 0.6 is 27.7 Å². The van der Waals surface area contributed by atoms with E-state index in [9.17, 15) is 14.9 Å². The Kier molecular flexibility index (Phi) is 4.40. The fourth-order valence-electron chi connectivity index (χ4n) is 1.46. The average Bonchev–Trinajstić information content (AvgIpc) is 2.36. The Morgan fingerprint density at radius 3 is 2.85 bits per heavy atom. The van der Waals surface area contributed by atoms with Gasteiger partial charge in [-0.05, 0) is 27.6 Å². The van der Waals surface area contributed by atoms with Crippen LogP contribution in [0.1, 0.15) is 5.56 Å². The summed E-state index contributed by atoms with van der Waals surface area (Å²) in [7, 11) is 0. The van der Waals surface area contributed by atoms with Crippen molar-refractivity contribution in [3.8, 4) is 0 Å². The number of nitrogens with two attached hydrogens (primary N) is 1. The predicted molar refractivity (Wildman–Crippen MR) is 79.6 cm³/mol. The van der Waals surface area contributed by atoms with Crippen LogP contribution in [-0.4, -0.2) is 14.9 Å². The number of nitrogen functional groups attached to an aromatic ring is 1. The third-order valence-electron chi connectivity index (χ3n) is 2.32. The molecule has 2 rings (SSSR count). The van der Waals surface area contributed by atoms with E-state index in [1.165, 1.54) is 23.9 Å². The van der Waals surface area contributed by atoms with Crippen molar-refractivity contribution >= 4 is 39.2 Å². The fraction of sp³-hybridized carbons (Fsp3) is 0.0909. The molecule has 1 heterocycles. The zero-order valence-corrected chi connectivity index (χ0v) is 12.4. The lowest BCUT2D eigenvalue weighted by Crippen LogP contribution is -2.09. The van der Waals surface area contributed by atoms with Gasteiger partial charge in [-0.15, -0.1) is 0 Å². The van der Waals surface area contributed by atoms with E-state index in [2.05, 4.69) is 25.9 Å². The Morgan fingerprint density at radius 2 is 2.20 bits per heavy atom. The number of halogens is 1. The molecule has 2 aromatic rings. The van der Waals surface area contributed by atoms with E-state index in [4.69, 9.17) is 5.73 Å². The van der Waals surface area contributed by atoms with Crippen molar-refractivity contribution in [2.75, 3.05) is 5.73 Å². The highest BCUT2D eigenvalue weighted by atomic mass is 79.9. The molecule has 0 aliphatic carbocycles. The van der Waals surface area contributed by atoms with Gasteiger partial charge in [0, 0.05) is 17.9 Å². The second-order valence-corrected chi connectivity index (χ2v) is 5.63. The summed E-state index contributed by atoms with van der Waals surface area (Å²) in [5.41, 5.74) is 5.88. The quantitative estimate of drug-likeness (QED) is 0.376. The second-order valence-electron chi connectivity index (χ2n) is 3.81. The molecular weight excluding hydrogens is 348 g/mol. The minimum atomic E-state index is -0.459. The van der Waals surface area contributed by atoms with Gasteiger partial charge in [0.05, 0.1) is 9.40 Å². The number of nitro benzene ring substituents is 1. The van der Waals surface area contributed by atoms with Gasteiger partial charge in [-0.2, -0.15) is 0 Å². The normalized spacial score (nSPS) is 10.4. The van der Waals surface area contributed by atoms with E-state index in [1.807, 2.05) is 0 Å². The van der Waals surface area contributed by atoms with Crippen LogP contribution in [0.15, 0.2) is 38.7 Å². The number of benzene rings is 1. The molecule has 0 radical (unpaired) electrons. The van der Waals surface area contributed by atoms with Crippen molar-refractivity contribution in [2.45, 2.75) is 10.9 Å². The van der Waals surface area contributed by atoms with Crippen LogP contribution in [0.4, 0.5) is 11.5 Å².